The Morgan fingerprint density at radius 1 is 0.929 bits per heavy atom. The zero-order valence-corrected chi connectivity index (χ0v) is 24.6. The summed E-state index contributed by atoms with van der Waals surface area (Å²) >= 11 is 6.28. The van der Waals surface area contributed by atoms with Gasteiger partial charge in [-0.2, -0.15) is 0 Å². The summed E-state index contributed by atoms with van der Waals surface area (Å²) in [6.07, 6.45) is 1.27. The minimum atomic E-state index is -1.11. The average Bonchev–Trinajstić information content (AvgIpc) is 2.97. The van der Waals surface area contributed by atoms with E-state index < -0.39 is 17.9 Å². The van der Waals surface area contributed by atoms with Crippen molar-refractivity contribution >= 4 is 29.2 Å². The summed E-state index contributed by atoms with van der Waals surface area (Å²) in [5.74, 6) is 0.904. The molecule has 3 atom stereocenters. The molecular formula is C35H35ClN2O4. The lowest BCUT2D eigenvalue weighted by atomic mass is 9.91. The molecule has 0 aliphatic carbocycles. The van der Waals surface area contributed by atoms with Gasteiger partial charge in [0.15, 0.2) is 0 Å². The van der Waals surface area contributed by atoms with Gasteiger partial charge in [-0.1, -0.05) is 86.1 Å². The molecule has 0 aromatic heterocycles. The first-order valence-electron chi connectivity index (χ1n) is 14.3. The molecular weight excluding hydrogens is 548 g/mol. The van der Waals surface area contributed by atoms with Gasteiger partial charge >= 0.3 is 5.97 Å². The number of hydrogen-bond acceptors (Lipinski definition) is 4. The molecule has 5 rings (SSSR count). The van der Waals surface area contributed by atoms with E-state index in [0.717, 1.165) is 53.4 Å². The fourth-order valence-electron chi connectivity index (χ4n) is 5.73. The number of carboxylic acid groups (broad SMARTS) is 1. The van der Waals surface area contributed by atoms with E-state index in [4.69, 9.17) is 16.3 Å². The molecule has 0 bridgehead atoms. The summed E-state index contributed by atoms with van der Waals surface area (Å²) in [4.78, 5) is 27.9. The summed E-state index contributed by atoms with van der Waals surface area (Å²) in [7, 11) is 0. The maximum Gasteiger partial charge on any atom is 0.326 e. The average molecular weight is 583 g/mol. The summed E-state index contributed by atoms with van der Waals surface area (Å²) in [6, 6.07) is 29.2. The Balaban J connectivity index is 1.32. The van der Waals surface area contributed by atoms with Crippen molar-refractivity contribution in [2.45, 2.75) is 32.7 Å². The van der Waals surface area contributed by atoms with E-state index in [1.807, 2.05) is 84.9 Å². The van der Waals surface area contributed by atoms with Crippen LogP contribution in [0.3, 0.4) is 0 Å². The van der Waals surface area contributed by atoms with Crippen LogP contribution in [0.1, 0.15) is 36.2 Å². The molecule has 1 aliphatic heterocycles. The number of amides is 1. The topological polar surface area (TPSA) is 78.9 Å². The number of carbonyl (C=O) groups is 2. The second-order valence-electron chi connectivity index (χ2n) is 11.2. The number of piperidine rings is 1. The van der Waals surface area contributed by atoms with Crippen molar-refractivity contribution in [3.63, 3.8) is 0 Å². The predicted molar refractivity (Wildman–Crippen MR) is 168 cm³/mol. The minimum Gasteiger partial charge on any atom is -0.480 e. The Hall–Kier alpha value is -4.29. The third kappa shape index (κ3) is 7.12. The number of hydrogen-bond donors (Lipinski definition) is 2. The molecule has 1 fully saturated rings. The Bertz CT molecular complexity index is 1530. The third-order valence-corrected chi connectivity index (χ3v) is 7.81. The van der Waals surface area contributed by atoms with Crippen molar-refractivity contribution in [1.82, 2.24) is 5.32 Å². The smallest absolute Gasteiger partial charge is 0.326 e. The monoisotopic (exact) mass is 582 g/mol. The normalized spacial score (nSPS) is 17.4. The van der Waals surface area contributed by atoms with Crippen LogP contribution in [0.15, 0.2) is 97.1 Å². The number of anilines is 1. The molecule has 1 heterocycles. The molecule has 2 unspecified atom stereocenters. The molecule has 4 aromatic carbocycles. The van der Waals surface area contributed by atoms with Crippen molar-refractivity contribution in [2.24, 2.45) is 11.8 Å². The lowest BCUT2D eigenvalue weighted by Crippen LogP contribution is -2.44. The van der Waals surface area contributed by atoms with Crippen molar-refractivity contribution in [3.05, 3.63) is 113 Å². The maximum atomic E-state index is 13.5. The van der Waals surface area contributed by atoms with Gasteiger partial charge in [-0.05, 0) is 65.8 Å². The lowest BCUT2D eigenvalue weighted by Gasteiger charge is -2.37. The van der Waals surface area contributed by atoms with Gasteiger partial charge in [0.25, 0.3) is 5.91 Å². The quantitative estimate of drug-likeness (QED) is 0.211. The molecule has 4 aromatic rings. The zero-order valence-electron chi connectivity index (χ0n) is 23.8. The summed E-state index contributed by atoms with van der Waals surface area (Å²) in [5.41, 5.74) is 3.82. The number of nitrogens with one attached hydrogen (secondary N) is 1. The summed E-state index contributed by atoms with van der Waals surface area (Å²) in [6.45, 7) is 6.08. The van der Waals surface area contributed by atoms with E-state index in [-0.39, 0.29) is 6.42 Å². The van der Waals surface area contributed by atoms with Crippen LogP contribution in [-0.4, -0.2) is 36.1 Å². The Labute approximate surface area is 251 Å². The van der Waals surface area contributed by atoms with Gasteiger partial charge in [-0.3, -0.25) is 4.79 Å². The first-order valence-corrected chi connectivity index (χ1v) is 14.6. The predicted octanol–water partition coefficient (Wildman–Crippen LogP) is 7.71. The number of para-hydroxylation sites is 2. The summed E-state index contributed by atoms with van der Waals surface area (Å²) < 4.78 is 6.11. The van der Waals surface area contributed by atoms with Crippen LogP contribution >= 0.6 is 11.6 Å². The first-order chi connectivity index (χ1) is 20.3. The fraction of sp³-hybridized carbons (Fsp3) is 0.257. The highest BCUT2D eigenvalue weighted by Gasteiger charge is 2.27. The molecule has 1 amide bonds. The Kier molecular flexibility index (Phi) is 9.13. The van der Waals surface area contributed by atoms with E-state index in [1.54, 1.807) is 12.1 Å². The highest BCUT2D eigenvalue weighted by atomic mass is 35.5. The van der Waals surface area contributed by atoms with Gasteiger partial charge in [-0.15, -0.1) is 0 Å². The molecule has 42 heavy (non-hydrogen) atoms. The molecule has 0 saturated carbocycles. The van der Waals surface area contributed by atoms with Crippen LogP contribution in [0.2, 0.25) is 5.02 Å². The van der Waals surface area contributed by atoms with Gasteiger partial charge < -0.3 is 20.1 Å². The maximum absolute atomic E-state index is 13.5. The van der Waals surface area contributed by atoms with Crippen LogP contribution < -0.4 is 15.0 Å². The number of halogens is 1. The SMILES string of the molecule is CC1CC(C)CN(c2ccc(Cl)cc2C(=O)N[C@@H](Cc2ccc(-c3ccccc3Oc3ccccc3)cc2)C(=O)O)C1. The van der Waals surface area contributed by atoms with Crippen LogP contribution in [0.25, 0.3) is 11.1 Å². The standard InChI is InChI=1S/C35H35ClN2O4/c1-23-18-24(2)22-38(21-23)32-17-16-27(36)20-30(32)34(39)37-31(35(40)41)19-25-12-14-26(15-13-25)29-10-6-7-11-33(29)42-28-8-4-3-5-9-28/h3-17,20,23-24,31H,18-19,21-22H2,1-2H3,(H,37,39)(H,40,41)/t23?,24?,31-/m0/s1. The van der Waals surface area contributed by atoms with E-state index in [9.17, 15) is 14.7 Å². The minimum absolute atomic E-state index is 0.136. The van der Waals surface area contributed by atoms with Crippen molar-refractivity contribution in [2.75, 3.05) is 18.0 Å². The van der Waals surface area contributed by atoms with E-state index in [1.165, 1.54) is 0 Å². The Morgan fingerprint density at radius 2 is 1.60 bits per heavy atom. The number of nitrogens with zero attached hydrogens (tertiary/aromatic N) is 1. The number of ether oxygens (including phenoxy) is 1. The van der Waals surface area contributed by atoms with Crippen molar-refractivity contribution < 1.29 is 19.4 Å². The number of benzene rings is 4. The molecule has 0 spiro atoms. The van der Waals surface area contributed by atoms with Gasteiger partial charge in [0.1, 0.15) is 17.5 Å². The first kappa shape index (κ1) is 29.2. The van der Waals surface area contributed by atoms with E-state index in [0.29, 0.717) is 22.4 Å². The second-order valence-corrected chi connectivity index (χ2v) is 11.6. The third-order valence-electron chi connectivity index (χ3n) is 7.58. The Morgan fingerprint density at radius 3 is 2.29 bits per heavy atom. The molecule has 6 nitrogen and oxygen atoms in total. The second kappa shape index (κ2) is 13.1. The fourth-order valence-corrected chi connectivity index (χ4v) is 5.90. The van der Waals surface area contributed by atoms with Crippen molar-refractivity contribution in [3.8, 4) is 22.6 Å². The largest absolute Gasteiger partial charge is 0.480 e. The molecule has 1 aliphatic rings. The molecule has 0 radical (unpaired) electrons. The number of carboxylic acids is 1. The highest BCUT2D eigenvalue weighted by molar-refractivity contribution is 6.31. The molecule has 1 saturated heterocycles. The lowest BCUT2D eigenvalue weighted by molar-refractivity contribution is -0.139. The number of carbonyl (C=O) groups excluding carboxylic acids is 1. The van der Waals surface area contributed by atoms with Crippen molar-refractivity contribution in [1.29, 1.82) is 0 Å². The van der Waals surface area contributed by atoms with Crippen LogP contribution in [0, 0.1) is 11.8 Å². The van der Waals surface area contributed by atoms with Gasteiger partial charge in [-0.25, -0.2) is 4.79 Å². The van der Waals surface area contributed by atoms with Gasteiger partial charge in [0.2, 0.25) is 0 Å². The highest BCUT2D eigenvalue weighted by Crippen LogP contribution is 2.34. The molecule has 2 N–H and O–H groups in total. The number of aliphatic carboxylic acids is 1. The zero-order chi connectivity index (χ0) is 29.6. The van der Waals surface area contributed by atoms with Crippen LogP contribution in [-0.2, 0) is 11.2 Å². The van der Waals surface area contributed by atoms with E-state index in [2.05, 4.69) is 24.1 Å². The van der Waals surface area contributed by atoms with Gasteiger partial charge in [0.05, 0.1) is 5.56 Å². The van der Waals surface area contributed by atoms with E-state index >= 15 is 0 Å². The molecule has 216 valence electrons. The van der Waals surface area contributed by atoms with Gasteiger partial charge in [0, 0.05) is 35.8 Å². The number of rotatable bonds is 9. The molecule has 7 heteroatoms. The van der Waals surface area contributed by atoms with Crippen LogP contribution in [0.4, 0.5) is 5.69 Å². The van der Waals surface area contributed by atoms with Crippen LogP contribution in [0.5, 0.6) is 11.5 Å². The summed E-state index contributed by atoms with van der Waals surface area (Å²) in [5, 5.41) is 13.2.